The van der Waals surface area contributed by atoms with E-state index in [9.17, 15) is 13.2 Å². The first-order chi connectivity index (χ1) is 12.3. The molecule has 0 spiro atoms. The SMILES string of the molecule is Cc1cc(-c2cc(-c3noc(C(F)(F)F)n3)ccn2)nnc1C.NC=O. The molecule has 0 aliphatic carbocycles. The van der Waals surface area contributed by atoms with Crippen LogP contribution < -0.4 is 5.73 Å². The van der Waals surface area contributed by atoms with Crippen LogP contribution >= 0.6 is 0 Å². The minimum absolute atomic E-state index is 0.169. The first kappa shape index (κ1) is 19.0. The maximum absolute atomic E-state index is 12.5. The third kappa shape index (κ3) is 4.37. The smallest absolute Gasteiger partial charge is 0.372 e. The molecule has 0 saturated heterocycles. The Morgan fingerprint density at radius 2 is 1.85 bits per heavy atom. The van der Waals surface area contributed by atoms with Crippen molar-refractivity contribution in [1.82, 2.24) is 25.3 Å². The molecule has 8 nitrogen and oxygen atoms in total. The second kappa shape index (κ2) is 7.68. The maximum Gasteiger partial charge on any atom is 0.471 e. The first-order valence-electron chi connectivity index (χ1n) is 7.10. The van der Waals surface area contributed by atoms with Gasteiger partial charge in [0.1, 0.15) is 5.69 Å². The van der Waals surface area contributed by atoms with Crippen molar-refractivity contribution in [2.45, 2.75) is 20.0 Å². The highest BCUT2D eigenvalue weighted by molar-refractivity contribution is 5.64. The summed E-state index contributed by atoms with van der Waals surface area (Å²) in [5.74, 6) is -1.56. The molecule has 0 radical (unpaired) electrons. The van der Waals surface area contributed by atoms with Gasteiger partial charge in [-0.1, -0.05) is 5.16 Å². The van der Waals surface area contributed by atoms with Crippen LogP contribution in [0.25, 0.3) is 22.8 Å². The van der Waals surface area contributed by atoms with Crippen LogP contribution in [-0.4, -0.2) is 31.7 Å². The van der Waals surface area contributed by atoms with Gasteiger partial charge in [0.2, 0.25) is 12.2 Å². The molecule has 0 aliphatic heterocycles. The van der Waals surface area contributed by atoms with Crippen molar-refractivity contribution in [1.29, 1.82) is 0 Å². The molecule has 3 aromatic heterocycles. The van der Waals surface area contributed by atoms with Crippen molar-refractivity contribution >= 4 is 6.41 Å². The van der Waals surface area contributed by atoms with Crippen LogP contribution in [0.1, 0.15) is 17.1 Å². The van der Waals surface area contributed by atoms with E-state index in [4.69, 9.17) is 4.79 Å². The van der Waals surface area contributed by atoms with Crippen LogP contribution in [0.3, 0.4) is 0 Å². The normalized spacial score (nSPS) is 10.8. The zero-order chi connectivity index (χ0) is 19.3. The van der Waals surface area contributed by atoms with Crippen molar-refractivity contribution in [2.24, 2.45) is 5.73 Å². The van der Waals surface area contributed by atoms with Crippen LogP contribution in [0.15, 0.2) is 28.9 Å². The number of halogens is 3. The predicted octanol–water partition coefficient (Wildman–Crippen LogP) is 2.33. The summed E-state index contributed by atoms with van der Waals surface area (Å²) in [6, 6.07) is 4.82. The molecule has 0 saturated carbocycles. The van der Waals surface area contributed by atoms with Gasteiger partial charge in [-0.05, 0) is 37.6 Å². The molecule has 11 heteroatoms. The molecule has 26 heavy (non-hydrogen) atoms. The van der Waals surface area contributed by atoms with E-state index >= 15 is 0 Å². The van der Waals surface area contributed by atoms with Gasteiger partial charge < -0.3 is 10.3 Å². The number of hydrogen-bond donors (Lipinski definition) is 1. The van der Waals surface area contributed by atoms with E-state index in [1.165, 1.54) is 18.3 Å². The largest absolute Gasteiger partial charge is 0.471 e. The molecule has 0 aliphatic rings. The summed E-state index contributed by atoms with van der Waals surface area (Å²) in [6.07, 6.45) is -2.99. The molecule has 3 heterocycles. The Balaban J connectivity index is 0.000000758. The summed E-state index contributed by atoms with van der Waals surface area (Å²) in [6.45, 7) is 3.71. The Morgan fingerprint density at radius 1 is 1.15 bits per heavy atom. The standard InChI is InChI=1S/C14H10F3N5O.CH3NO/c1-7-5-11(21-20-8(7)2)10-6-9(3-4-18-10)12-19-13(23-22-12)14(15,16)17;2-1-3/h3-6H,1-2H3;1H,(H2,2,3). The van der Waals surface area contributed by atoms with Gasteiger partial charge in [0.25, 0.3) is 0 Å². The van der Waals surface area contributed by atoms with E-state index in [2.05, 4.69) is 35.6 Å². The number of nitrogens with zero attached hydrogens (tertiary/aromatic N) is 5. The number of carbonyl (C=O) groups is 1. The number of rotatable bonds is 2. The van der Waals surface area contributed by atoms with Gasteiger partial charge >= 0.3 is 12.1 Å². The third-order valence-electron chi connectivity index (χ3n) is 3.18. The second-order valence-electron chi connectivity index (χ2n) is 4.98. The van der Waals surface area contributed by atoms with Gasteiger partial charge in [-0.25, -0.2) is 0 Å². The molecule has 0 aromatic carbocycles. The molecule has 2 N–H and O–H groups in total. The van der Waals surface area contributed by atoms with Crippen molar-refractivity contribution < 1.29 is 22.5 Å². The third-order valence-corrected chi connectivity index (χ3v) is 3.18. The average molecular weight is 366 g/mol. The summed E-state index contributed by atoms with van der Waals surface area (Å²) in [7, 11) is 0. The van der Waals surface area contributed by atoms with Gasteiger partial charge in [-0.3, -0.25) is 9.78 Å². The average Bonchev–Trinajstić information content (AvgIpc) is 3.09. The van der Waals surface area contributed by atoms with Gasteiger partial charge in [-0.15, -0.1) is 5.10 Å². The number of nitrogens with two attached hydrogens (primary N) is 1. The van der Waals surface area contributed by atoms with E-state index in [1.54, 1.807) is 6.07 Å². The predicted molar refractivity (Wildman–Crippen MR) is 83.3 cm³/mol. The maximum atomic E-state index is 12.5. The zero-order valence-corrected chi connectivity index (χ0v) is 13.7. The topological polar surface area (TPSA) is 121 Å². The quantitative estimate of drug-likeness (QED) is 0.691. The lowest BCUT2D eigenvalue weighted by Gasteiger charge is -2.03. The van der Waals surface area contributed by atoms with Crippen molar-refractivity contribution in [3.05, 3.63) is 41.5 Å². The first-order valence-corrected chi connectivity index (χ1v) is 7.10. The van der Waals surface area contributed by atoms with Gasteiger partial charge in [0, 0.05) is 11.8 Å². The van der Waals surface area contributed by atoms with E-state index in [1.807, 2.05) is 13.8 Å². The Morgan fingerprint density at radius 3 is 2.42 bits per heavy atom. The number of hydrogen-bond acceptors (Lipinski definition) is 7. The lowest BCUT2D eigenvalue weighted by molar-refractivity contribution is -0.159. The molecular formula is C15H13F3N6O2. The summed E-state index contributed by atoms with van der Waals surface area (Å²) in [5, 5.41) is 11.4. The molecule has 0 unspecified atom stereocenters. The molecule has 136 valence electrons. The van der Waals surface area contributed by atoms with E-state index in [-0.39, 0.29) is 12.2 Å². The lowest BCUT2D eigenvalue weighted by Crippen LogP contribution is -2.04. The van der Waals surface area contributed by atoms with Crippen LogP contribution in [0.5, 0.6) is 0 Å². The highest BCUT2D eigenvalue weighted by Crippen LogP contribution is 2.30. The van der Waals surface area contributed by atoms with Gasteiger partial charge in [-0.2, -0.15) is 23.3 Å². The number of amides is 1. The molecule has 3 aromatic rings. The fourth-order valence-corrected chi connectivity index (χ4v) is 1.84. The van der Waals surface area contributed by atoms with E-state index in [0.29, 0.717) is 17.0 Å². The summed E-state index contributed by atoms with van der Waals surface area (Å²) < 4.78 is 41.8. The fraction of sp³-hybridized carbons (Fsp3) is 0.200. The molecule has 3 rings (SSSR count). The Bertz CT molecular complexity index is 910. The molecule has 0 fully saturated rings. The van der Waals surface area contributed by atoms with Crippen molar-refractivity contribution in [3.63, 3.8) is 0 Å². The van der Waals surface area contributed by atoms with Gasteiger partial charge in [0.05, 0.1) is 11.4 Å². The number of pyridine rings is 1. The second-order valence-corrected chi connectivity index (χ2v) is 4.98. The number of aromatic nitrogens is 5. The summed E-state index contributed by atoms with van der Waals surface area (Å²) >= 11 is 0. The minimum atomic E-state index is -4.68. The van der Waals surface area contributed by atoms with Crippen LogP contribution in [0.4, 0.5) is 13.2 Å². The zero-order valence-electron chi connectivity index (χ0n) is 13.7. The van der Waals surface area contributed by atoms with E-state index in [0.717, 1.165) is 11.3 Å². The van der Waals surface area contributed by atoms with Crippen LogP contribution in [0.2, 0.25) is 0 Å². The fourth-order valence-electron chi connectivity index (χ4n) is 1.84. The van der Waals surface area contributed by atoms with Crippen LogP contribution in [0, 0.1) is 13.8 Å². The Kier molecular flexibility index (Phi) is 5.60. The number of aryl methyl sites for hydroxylation is 2. The highest BCUT2D eigenvalue weighted by atomic mass is 19.4. The van der Waals surface area contributed by atoms with Gasteiger partial charge in [0.15, 0.2) is 0 Å². The highest BCUT2D eigenvalue weighted by Gasteiger charge is 2.38. The number of primary amides is 1. The summed E-state index contributed by atoms with van der Waals surface area (Å²) in [4.78, 5) is 16.1. The lowest BCUT2D eigenvalue weighted by atomic mass is 10.1. The summed E-state index contributed by atoms with van der Waals surface area (Å²) in [5.41, 5.74) is 7.19. The minimum Gasteiger partial charge on any atom is -0.372 e. The number of alkyl halides is 3. The molecular weight excluding hydrogens is 353 g/mol. The molecule has 0 bridgehead atoms. The van der Waals surface area contributed by atoms with E-state index < -0.39 is 12.1 Å². The molecule has 1 amide bonds. The Hall–Kier alpha value is -3.37. The van der Waals surface area contributed by atoms with Crippen LogP contribution in [-0.2, 0) is 11.0 Å². The van der Waals surface area contributed by atoms with Crippen molar-refractivity contribution in [3.8, 4) is 22.8 Å². The molecule has 0 atom stereocenters. The monoisotopic (exact) mass is 366 g/mol. The Labute approximate surface area is 145 Å². The number of carbonyl (C=O) groups excluding carboxylic acids is 1. The van der Waals surface area contributed by atoms with Crippen molar-refractivity contribution in [2.75, 3.05) is 0 Å².